The van der Waals surface area contributed by atoms with Gasteiger partial charge in [-0.2, -0.15) is 0 Å². The number of carbonyl (C=O) groups excluding carboxylic acids is 1. The molecule has 2 fully saturated rings. The minimum atomic E-state index is -1.68. The molecule has 14 atom stereocenters. The van der Waals surface area contributed by atoms with Crippen LogP contribution in [0, 0.1) is 11.8 Å². The van der Waals surface area contributed by atoms with E-state index in [-0.39, 0.29) is 5.75 Å². The second-order valence-electron chi connectivity index (χ2n) is 11.3. The van der Waals surface area contributed by atoms with Crippen LogP contribution in [0.15, 0.2) is 54.3 Å². The third kappa shape index (κ3) is 7.08. The van der Waals surface area contributed by atoms with Gasteiger partial charge in [0.05, 0.1) is 37.6 Å². The van der Waals surface area contributed by atoms with Crippen molar-refractivity contribution < 1.29 is 74.1 Å². The average molecular weight is 639 g/mol. The van der Waals surface area contributed by atoms with Gasteiger partial charge in [0.25, 0.3) is 0 Å². The summed E-state index contributed by atoms with van der Waals surface area (Å²) in [6, 6.07) is 6.09. The van der Waals surface area contributed by atoms with Crippen molar-refractivity contribution in [2.75, 3.05) is 13.2 Å². The molecule has 8 N–H and O–H groups in total. The lowest BCUT2D eigenvalue weighted by atomic mass is 9.88. The first-order valence-corrected chi connectivity index (χ1v) is 14.5. The highest BCUT2D eigenvalue weighted by atomic mass is 16.8. The Morgan fingerprint density at radius 2 is 1.58 bits per heavy atom. The van der Waals surface area contributed by atoms with Crippen molar-refractivity contribution in [1.29, 1.82) is 0 Å². The van der Waals surface area contributed by atoms with Gasteiger partial charge in [-0.25, -0.2) is 4.79 Å². The number of carbonyl (C=O) groups is 1. The minimum Gasteiger partial charge on any atom is -0.508 e. The number of phenolic OH excluding ortho intramolecular Hbond substituents is 1. The highest BCUT2D eigenvalue weighted by molar-refractivity contribution is 5.87. The fourth-order valence-electron chi connectivity index (χ4n) is 5.84. The maximum Gasteiger partial charge on any atom is 0.331 e. The number of aliphatic hydroxyl groups is 7. The first kappa shape index (κ1) is 33.4. The molecule has 0 radical (unpaired) electrons. The molecule has 1 aliphatic carbocycles. The van der Waals surface area contributed by atoms with Crippen LogP contribution >= 0.6 is 0 Å². The van der Waals surface area contributed by atoms with Gasteiger partial charge in [0.15, 0.2) is 18.7 Å². The Morgan fingerprint density at radius 1 is 0.889 bits per heavy atom. The van der Waals surface area contributed by atoms with Crippen LogP contribution in [0.3, 0.4) is 0 Å². The Morgan fingerprint density at radius 3 is 2.27 bits per heavy atom. The number of benzene rings is 1. The standard InChI is InChI=1S/C30H38O15/c1-13-27(44-20(34)7-4-14-2-5-16(33)6-3-14)24(37)26(39)29(41-13)42-18-10-15(11-31)21-17(18)8-9-40-28(21)45-30-25(38)23(36)22(35)19(12-32)43-30/h2-10,13,17-19,21-33,35-39H,11-12H2,1H3. The van der Waals surface area contributed by atoms with Crippen LogP contribution in [0.25, 0.3) is 6.08 Å². The first-order chi connectivity index (χ1) is 21.5. The number of phenols is 1. The van der Waals surface area contributed by atoms with Crippen LogP contribution in [-0.2, 0) is 33.2 Å². The fourth-order valence-corrected chi connectivity index (χ4v) is 5.84. The number of aliphatic hydroxyl groups excluding tert-OH is 7. The van der Waals surface area contributed by atoms with Crippen molar-refractivity contribution in [2.45, 2.75) is 80.7 Å². The van der Waals surface area contributed by atoms with E-state index >= 15 is 0 Å². The van der Waals surface area contributed by atoms with Crippen molar-refractivity contribution in [1.82, 2.24) is 0 Å². The van der Waals surface area contributed by atoms with E-state index in [0.29, 0.717) is 11.1 Å². The van der Waals surface area contributed by atoms with Crippen molar-refractivity contribution in [3.63, 3.8) is 0 Å². The molecule has 3 aliphatic heterocycles. The molecule has 1 aromatic carbocycles. The first-order valence-electron chi connectivity index (χ1n) is 14.5. The molecular weight excluding hydrogens is 600 g/mol. The largest absolute Gasteiger partial charge is 0.508 e. The molecular formula is C30H38O15. The molecule has 2 saturated heterocycles. The van der Waals surface area contributed by atoms with E-state index in [1.54, 1.807) is 24.3 Å². The van der Waals surface area contributed by atoms with Crippen LogP contribution in [-0.4, -0.2) is 134 Å². The highest BCUT2D eigenvalue weighted by Gasteiger charge is 2.52. The quantitative estimate of drug-likeness (QED) is 0.0832. The molecule has 0 aromatic heterocycles. The van der Waals surface area contributed by atoms with Crippen LogP contribution < -0.4 is 0 Å². The minimum absolute atomic E-state index is 0.0714. The number of hydrogen-bond donors (Lipinski definition) is 8. The van der Waals surface area contributed by atoms with Crippen LogP contribution in [0.2, 0.25) is 0 Å². The van der Waals surface area contributed by atoms with E-state index in [9.17, 15) is 45.6 Å². The lowest BCUT2D eigenvalue weighted by molar-refractivity contribution is -0.341. The number of rotatable bonds is 9. The molecule has 0 saturated carbocycles. The number of aromatic hydroxyl groups is 1. The monoisotopic (exact) mass is 638 g/mol. The normalized spacial score (nSPS) is 41.4. The SMILES string of the molecule is CC1OC(OC2C=C(CO)C3C(OC4OC(CO)C(O)C(O)C4O)OC=CC23)C(O)C(O)C1OC(=O)C=Cc1ccc(O)cc1. The van der Waals surface area contributed by atoms with Crippen molar-refractivity contribution in [3.8, 4) is 5.75 Å². The zero-order chi connectivity index (χ0) is 32.4. The average Bonchev–Trinajstić information content (AvgIpc) is 3.40. The summed E-state index contributed by atoms with van der Waals surface area (Å²) >= 11 is 0. The smallest absolute Gasteiger partial charge is 0.331 e. The van der Waals surface area contributed by atoms with Gasteiger partial charge in [-0.1, -0.05) is 18.2 Å². The molecule has 15 nitrogen and oxygen atoms in total. The Kier molecular flexibility index (Phi) is 10.6. The number of fused-ring (bicyclic) bond motifs is 1. The molecule has 14 unspecified atom stereocenters. The maximum absolute atomic E-state index is 12.4. The number of ether oxygens (including phenoxy) is 6. The van der Waals surface area contributed by atoms with Gasteiger partial charge < -0.3 is 69.3 Å². The lowest BCUT2D eigenvalue weighted by Gasteiger charge is -2.43. The molecule has 15 heteroatoms. The predicted molar refractivity (Wildman–Crippen MR) is 149 cm³/mol. The zero-order valence-electron chi connectivity index (χ0n) is 24.1. The van der Waals surface area contributed by atoms with Gasteiger partial charge in [-0.05, 0) is 42.3 Å². The van der Waals surface area contributed by atoms with E-state index in [1.165, 1.54) is 31.4 Å². The molecule has 4 aliphatic rings. The summed E-state index contributed by atoms with van der Waals surface area (Å²) in [5, 5.41) is 81.3. The zero-order valence-corrected chi connectivity index (χ0v) is 24.1. The van der Waals surface area contributed by atoms with Crippen molar-refractivity contribution in [3.05, 3.63) is 59.9 Å². The third-order valence-corrected chi connectivity index (χ3v) is 8.33. The fraction of sp³-hybridized carbons (Fsp3) is 0.567. The Bertz CT molecular complexity index is 1250. The van der Waals surface area contributed by atoms with E-state index in [2.05, 4.69) is 0 Å². The van der Waals surface area contributed by atoms with Crippen molar-refractivity contribution >= 4 is 12.0 Å². The second-order valence-corrected chi connectivity index (χ2v) is 11.3. The highest BCUT2D eigenvalue weighted by Crippen LogP contribution is 2.43. The summed E-state index contributed by atoms with van der Waals surface area (Å²) < 4.78 is 34.1. The molecule has 5 rings (SSSR count). The second kappa shape index (κ2) is 14.2. The summed E-state index contributed by atoms with van der Waals surface area (Å²) in [5.74, 6) is -1.95. The van der Waals surface area contributed by atoms with Gasteiger partial charge in [0, 0.05) is 12.0 Å². The van der Waals surface area contributed by atoms with Crippen LogP contribution in [0.5, 0.6) is 5.75 Å². The van der Waals surface area contributed by atoms with Crippen LogP contribution in [0.4, 0.5) is 0 Å². The Hall–Kier alpha value is -2.93. The van der Waals surface area contributed by atoms with E-state index in [4.69, 9.17) is 28.4 Å². The van der Waals surface area contributed by atoms with Crippen molar-refractivity contribution in [2.24, 2.45) is 11.8 Å². The summed E-state index contributed by atoms with van der Waals surface area (Å²) in [4.78, 5) is 12.4. The Balaban J connectivity index is 1.22. The maximum atomic E-state index is 12.4. The van der Waals surface area contributed by atoms with Gasteiger partial charge in [-0.3, -0.25) is 0 Å². The van der Waals surface area contributed by atoms with Crippen LogP contribution in [0.1, 0.15) is 12.5 Å². The summed E-state index contributed by atoms with van der Waals surface area (Å²) in [6.07, 6.45) is -9.13. The van der Waals surface area contributed by atoms with Gasteiger partial charge in [0.2, 0.25) is 6.29 Å². The predicted octanol–water partition coefficient (Wildman–Crippen LogP) is -1.98. The molecule has 1 aromatic rings. The van der Waals surface area contributed by atoms with E-state index in [0.717, 1.165) is 6.08 Å². The molecule has 0 spiro atoms. The number of hydrogen-bond acceptors (Lipinski definition) is 15. The molecule has 248 valence electrons. The Labute approximate surface area is 257 Å². The van der Waals surface area contributed by atoms with E-state index in [1.807, 2.05) is 0 Å². The lowest BCUT2D eigenvalue weighted by Crippen LogP contribution is -2.60. The summed E-state index contributed by atoms with van der Waals surface area (Å²) in [6.45, 7) is 0.457. The van der Waals surface area contributed by atoms with Gasteiger partial charge in [-0.15, -0.1) is 0 Å². The molecule has 45 heavy (non-hydrogen) atoms. The summed E-state index contributed by atoms with van der Waals surface area (Å²) in [5.41, 5.74) is 1.05. The molecule has 3 heterocycles. The molecule has 0 bridgehead atoms. The number of esters is 1. The summed E-state index contributed by atoms with van der Waals surface area (Å²) in [7, 11) is 0. The van der Waals surface area contributed by atoms with Gasteiger partial charge >= 0.3 is 5.97 Å². The molecule has 0 amide bonds. The van der Waals surface area contributed by atoms with E-state index < -0.39 is 105 Å². The topological polar surface area (TPSA) is 234 Å². The van der Waals surface area contributed by atoms with Gasteiger partial charge in [0.1, 0.15) is 42.4 Å². The third-order valence-electron chi connectivity index (χ3n) is 8.33.